The van der Waals surface area contributed by atoms with E-state index >= 15 is 0 Å². The predicted molar refractivity (Wildman–Crippen MR) is 61.6 cm³/mol. The summed E-state index contributed by atoms with van der Waals surface area (Å²) in [5, 5.41) is 19.0. The molecule has 2 fully saturated rings. The first-order chi connectivity index (χ1) is 8.24. The van der Waals surface area contributed by atoms with E-state index in [2.05, 4.69) is 0 Å². The highest BCUT2D eigenvalue weighted by molar-refractivity contribution is 4.91. The lowest BCUT2D eigenvalue weighted by molar-refractivity contribution is -0.179. The molecule has 2 N–H and O–H groups in total. The van der Waals surface area contributed by atoms with Gasteiger partial charge in [0.05, 0.1) is 6.10 Å². The highest BCUT2D eigenvalue weighted by Crippen LogP contribution is 2.38. The number of aliphatic hydroxyl groups is 2. The molecule has 0 bridgehead atoms. The molecule has 0 radical (unpaired) electrons. The van der Waals surface area contributed by atoms with Crippen molar-refractivity contribution in [2.45, 2.75) is 70.3 Å². The molecule has 6 heteroatoms. The molecule has 18 heavy (non-hydrogen) atoms. The Balaban J connectivity index is 2.11. The second-order valence-corrected chi connectivity index (χ2v) is 5.64. The average Bonchev–Trinajstić information content (AvgIpc) is 2.63. The van der Waals surface area contributed by atoms with E-state index in [9.17, 15) is 5.11 Å². The molecule has 0 amide bonds. The van der Waals surface area contributed by atoms with Gasteiger partial charge in [0.25, 0.3) is 0 Å². The van der Waals surface area contributed by atoms with Gasteiger partial charge in [-0.15, -0.1) is 0 Å². The van der Waals surface area contributed by atoms with Crippen molar-refractivity contribution >= 4 is 0 Å². The molecule has 3 unspecified atom stereocenters. The summed E-state index contributed by atoms with van der Waals surface area (Å²) in [5.74, 6) is -1.59. The van der Waals surface area contributed by atoms with Gasteiger partial charge < -0.3 is 29.2 Å². The van der Waals surface area contributed by atoms with E-state index in [1.165, 1.54) is 0 Å². The Kier molecular flexibility index (Phi) is 3.70. The van der Waals surface area contributed by atoms with Crippen molar-refractivity contribution in [1.82, 2.24) is 0 Å². The summed E-state index contributed by atoms with van der Waals surface area (Å²) in [4.78, 5) is 0. The Hall–Kier alpha value is -0.240. The minimum atomic E-state index is -1.05. The van der Waals surface area contributed by atoms with Gasteiger partial charge in [-0.3, -0.25) is 0 Å². The summed E-state index contributed by atoms with van der Waals surface area (Å²) >= 11 is 0. The molecule has 4 atom stereocenters. The molecule has 2 aliphatic heterocycles. The van der Waals surface area contributed by atoms with Crippen LogP contribution in [0.15, 0.2) is 0 Å². The Morgan fingerprint density at radius 3 is 1.94 bits per heavy atom. The summed E-state index contributed by atoms with van der Waals surface area (Å²) in [6.07, 6.45) is -2.01. The first-order valence-corrected chi connectivity index (χ1v) is 6.24. The molecule has 0 saturated carbocycles. The van der Waals surface area contributed by atoms with Crippen molar-refractivity contribution in [3.05, 3.63) is 0 Å². The van der Waals surface area contributed by atoms with Crippen LogP contribution in [0.3, 0.4) is 0 Å². The van der Waals surface area contributed by atoms with E-state index in [-0.39, 0.29) is 12.7 Å². The third-order valence-electron chi connectivity index (χ3n) is 3.06. The first kappa shape index (κ1) is 14.2. The van der Waals surface area contributed by atoms with Crippen molar-refractivity contribution in [1.29, 1.82) is 0 Å². The lowest BCUT2D eigenvalue weighted by Crippen LogP contribution is -2.42. The van der Waals surface area contributed by atoms with Crippen molar-refractivity contribution in [3.8, 4) is 0 Å². The molecule has 0 aliphatic carbocycles. The van der Waals surface area contributed by atoms with Crippen LogP contribution in [0.2, 0.25) is 0 Å². The van der Waals surface area contributed by atoms with Gasteiger partial charge in [-0.2, -0.15) is 0 Å². The number of aliphatic hydroxyl groups excluding tert-OH is 2. The molecule has 6 nitrogen and oxygen atoms in total. The molecule has 0 aromatic rings. The zero-order valence-corrected chi connectivity index (χ0v) is 11.3. The highest BCUT2D eigenvalue weighted by Gasteiger charge is 2.53. The molecule has 2 rings (SSSR count). The van der Waals surface area contributed by atoms with E-state index in [0.717, 1.165) is 0 Å². The van der Waals surface area contributed by atoms with Gasteiger partial charge >= 0.3 is 0 Å². The minimum absolute atomic E-state index is 0.00628. The van der Waals surface area contributed by atoms with Crippen LogP contribution in [0.4, 0.5) is 0 Å². The molecule has 0 spiro atoms. The number of hydrogen-bond acceptors (Lipinski definition) is 6. The largest absolute Gasteiger partial charge is 0.396 e. The monoisotopic (exact) mass is 262 g/mol. The maximum atomic E-state index is 9.90. The van der Waals surface area contributed by atoms with Crippen LogP contribution in [0, 0.1) is 0 Å². The molecule has 0 aromatic heterocycles. The fourth-order valence-corrected chi connectivity index (χ4v) is 2.49. The van der Waals surface area contributed by atoms with Gasteiger partial charge in [0, 0.05) is 6.61 Å². The minimum Gasteiger partial charge on any atom is -0.396 e. The Labute approximate surface area is 107 Å². The summed E-state index contributed by atoms with van der Waals surface area (Å²) in [6.45, 7) is 7.06. The quantitative estimate of drug-likeness (QED) is 0.764. The Bertz CT molecular complexity index is 303. The van der Waals surface area contributed by atoms with Crippen molar-refractivity contribution in [2.75, 3.05) is 6.61 Å². The van der Waals surface area contributed by atoms with Crippen LogP contribution in [0.25, 0.3) is 0 Å². The number of ether oxygens (including phenoxy) is 4. The number of hydrogen-bond donors (Lipinski definition) is 2. The van der Waals surface area contributed by atoms with E-state index in [4.69, 9.17) is 24.1 Å². The smallest absolute Gasteiger partial charge is 0.187 e. The van der Waals surface area contributed by atoms with Gasteiger partial charge in [0.1, 0.15) is 12.2 Å². The van der Waals surface area contributed by atoms with Crippen LogP contribution in [-0.2, 0) is 18.9 Å². The Morgan fingerprint density at radius 2 is 1.44 bits per heavy atom. The van der Waals surface area contributed by atoms with Crippen LogP contribution in [0.5, 0.6) is 0 Å². The molecule has 0 aromatic carbocycles. The van der Waals surface area contributed by atoms with E-state index in [1.54, 1.807) is 27.7 Å². The number of rotatable bonds is 3. The zero-order chi connectivity index (χ0) is 13.6. The van der Waals surface area contributed by atoms with Crippen molar-refractivity contribution < 1.29 is 29.2 Å². The fourth-order valence-electron chi connectivity index (χ4n) is 2.49. The summed E-state index contributed by atoms with van der Waals surface area (Å²) in [5.41, 5.74) is 0. The predicted octanol–water partition coefficient (Wildman–Crippen LogP) is 0.359. The lowest BCUT2D eigenvalue weighted by atomic mass is 10.1. The van der Waals surface area contributed by atoms with Gasteiger partial charge in [-0.1, -0.05) is 0 Å². The van der Waals surface area contributed by atoms with Crippen LogP contribution < -0.4 is 0 Å². The Morgan fingerprint density at radius 1 is 0.889 bits per heavy atom. The van der Waals surface area contributed by atoms with E-state index in [0.29, 0.717) is 6.42 Å². The molecule has 2 saturated heterocycles. The third-order valence-corrected chi connectivity index (χ3v) is 3.06. The van der Waals surface area contributed by atoms with Gasteiger partial charge in [0.15, 0.2) is 17.9 Å². The van der Waals surface area contributed by atoms with Crippen LogP contribution in [-0.4, -0.2) is 53.0 Å². The molecular weight excluding hydrogens is 240 g/mol. The maximum Gasteiger partial charge on any atom is 0.187 e. The second kappa shape index (κ2) is 4.70. The van der Waals surface area contributed by atoms with Crippen molar-refractivity contribution in [2.24, 2.45) is 0 Å². The second-order valence-electron chi connectivity index (χ2n) is 5.64. The standard InChI is InChI=1S/C12H22O6/c1-11(2)15-7(5-6-13)8(16-11)9-10(14)18-12(3,4)17-9/h7-10,13-14H,5-6H2,1-4H3/t7?,8?,9?,10-/m0/s1. The van der Waals surface area contributed by atoms with Crippen LogP contribution in [0.1, 0.15) is 34.1 Å². The van der Waals surface area contributed by atoms with Gasteiger partial charge in [-0.25, -0.2) is 0 Å². The molecule has 2 heterocycles. The van der Waals surface area contributed by atoms with E-state index in [1.807, 2.05) is 0 Å². The van der Waals surface area contributed by atoms with Crippen molar-refractivity contribution in [3.63, 3.8) is 0 Å². The average molecular weight is 262 g/mol. The van der Waals surface area contributed by atoms with Gasteiger partial charge in [0.2, 0.25) is 0 Å². The SMILES string of the molecule is CC1(C)OC(CCO)C(C2OC(C)(C)O[C@@H]2O)O1. The summed E-state index contributed by atoms with van der Waals surface area (Å²) < 4.78 is 22.4. The van der Waals surface area contributed by atoms with Gasteiger partial charge in [-0.05, 0) is 34.1 Å². The topological polar surface area (TPSA) is 77.4 Å². The first-order valence-electron chi connectivity index (χ1n) is 6.24. The summed E-state index contributed by atoms with van der Waals surface area (Å²) in [7, 11) is 0. The highest BCUT2D eigenvalue weighted by atomic mass is 16.8. The molecular formula is C12H22O6. The lowest BCUT2D eigenvalue weighted by Gasteiger charge is -2.24. The summed E-state index contributed by atoms with van der Waals surface area (Å²) in [6, 6.07) is 0. The third kappa shape index (κ3) is 2.84. The zero-order valence-electron chi connectivity index (χ0n) is 11.3. The van der Waals surface area contributed by atoms with E-state index < -0.39 is 30.1 Å². The molecule has 106 valence electrons. The van der Waals surface area contributed by atoms with Crippen LogP contribution >= 0.6 is 0 Å². The normalized spacial score (nSPS) is 42.3. The fraction of sp³-hybridized carbons (Fsp3) is 1.00. The maximum absolute atomic E-state index is 9.90. The molecule has 2 aliphatic rings.